The van der Waals surface area contributed by atoms with Crippen LogP contribution in [-0.4, -0.2) is 32.7 Å². The first-order valence-corrected chi connectivity index (χ1v) is 14.9. The average molecular weight is 568 g/mol. The Bertz CT molecular complexity index is 1990. The molecule has 0 bridgehead atoms. The summed E-state index contributed by atoms with van der Waals surface area (Å²) in [7, 11) is 1.68. The molecule has 1 fully saturated rings. The lowest BCUT2D eigenvalue weighted by Gasteiger charge is -2.25. The Morgan fingerprint density at radius 2 is 1.58 bits per heavy atom. The molecule has 0 spiro atoms. The number of benzene rings is 4. The summed E-state index contributed by atoms with van der Waals surface area (Å²) in [4.78, 5) is 21.8. The van der Waals surface area contributed by atoms with Gasteiger partial charge in [-0.1, -0.05) is 61.2 Å². The first-order valence-electron chi connectivity index (χ1n) is 14.9. The number of pyridine rings is 1. The molecule has 1 N–H and O–H groups in total. The molecule has 0 aliphatic heterocycles. The highest BCUT2D eigenvalue weighted by Crippen LogP contribution is 2.38. The summed E-state index contributed by atoms with van der Waals surface area (Å²) >= 11 is 0. The predicted molar refractivity (Wildman–Crippen MR) is 172 cm³/mol. The van der Waals surface area contributed by atoms with E-state index in [1.165, 1.54) is 24.8 Å². The molecule has 0 unspecified atom stereocenters. The summed E-state index contributed by atoms with van der Waals surface area (Å²) in [6.07, 6.45) is 5.83. The Balaban J connectivity index is 1.33. The molecule has 0 radical (unpaired) electrons. The molecule has 1 aliphatic rings. The van der Waals surface area contributed by atoms with E-state index in [4.69, 9.17) is 14.7 Å². The normalized spacial score (nSPS) is 13.9. The van der Waals surface area contributed by atoms with Crippen LogP contribution >= 0.6 is 0 Å². The molecule has 43 heavy (non-hydrogen) atoms. The van der Waals surface area contributed by atoms with Gasteiger partial charge in [0.2, 0.25) is 0 Å². The van der Waals surface area contributed by atoms with Crippen molar-refractivity contribution in [3.05, 3.63) is 102 Å². The summed E-state index contributed by atoms with van der Waals surface area (Å²) < 4.78 is 7.92. The fourth-order valence-corrected chi connectivity index (χ4v) is 6.41. The number of hydrogen-bond acceptors (Lipinski definition) is 4. The van der Waals surface area contributed by atoms with Crippen LogP contribution in [0, 0.1) is 6.92 Å². The van der Waals surface area contributed by atoms with Crippen molar-refractivity contribution in [2.45, 2.75) is 45.1 Å². The number of methoxy groups -OCH3 is 1. The number of carbonyl (C=O) groups is 1. The molecular formula is C37H33N3O3. The maximum atomic E-state index is 11.7. The quantitative estimate of drug-likeness (QED) is 0.217. The largest absolute Gasteiger partial charge is 0.497 e. The first-order chi connectivity index (χ1) is 21.0. The molecule has 2 heterocycles. The van der Waals surface area contributed by atoms with Gasteiger partial charge in [0.1, 0.15) is 11.6 Å². The molecule has 1 saturated carbocycles. The van der Waals surface area contributed by atoms with Crippen LogP contribution in [0.3, 0.4) is 0 Å². The van der Waals surface area contributed by atoms with E-state index in [-0.39, 0.29) is 5.56 Å². The molecule has 4 aromatic carbocycles. The fraction of sp³-hybridized carbons (Fsp3) is 0.216. The standard InChI is InChI=1S/C37H33N3O3/c1-23-8-10-24(11-9-23)30-16-15-29(43-2)22-31(30)33-18-12-25-20-26(13-17-32(25)38-33)36-39-34-21-27(37(41)42)14-19-35(34)40(36)28-6-4-3-5-7-28/h8-22,28H,3-7H2,1-2H3,(H,41,42). The minimum atomic E-state index is -0.940. The number of aryl methyl sites for hydroxylation is 1. The Labute approximate surface area is 250 Å². The van der Waals surface area contributed by atoms with Gasteiger partial charge in [-0.3, -0.25) is 0 Å². The van der Waals surface area contributed by atoms with Crippen molar-refractivity contribution in [2.24, 2.45) is 0 Å². The zero-order valence-electron chi connectivity index (χ0n) is 24.4. The second kappa shape index (κ2) is 11.0. The van der Waals surface area contributed by atoms with Gasteiger partial charge >= 0.3 is 5.97 Å². The number of ether oxygens (including phenoxy) is 1. The minimum Gasteiger partial charge on any atom is -0.497 e. The molecule has 214 valence electrons. The van der Waals surface area contributed by atoms with Crippen LogP contribution in [0.25, 0.3) is 55.7 Å². The van der Waals surface area contributed by atoms with Crippen molar-refractivity contribution in [1.29, 1.82) is 0 Å². The fourth-order valence-electron chi connectivity index (χ4n) is 6.41. The number of carboxylic acids is 1. The van der Waals surface area contributed by atoms with Crippen LogP contribution < -0.4 is 4.74 Å². The Hall–Kier alpha value is -4.97. The highest BCUT2D eigenvalue weighted by Gasteiger charge is 2.23. The molecule has 0 atom stereocenters. The van der Waals surface area contributed by atoms with Crippen LogP contribution in [0.5, 0.6) is 5.75 Å². The van der Waals surface area contributed by atoms with E-state index in [0.29, 0.717) is 6.04 Å². The van der Waals surface area contributed by atoms with Gasteiger partial charge in [-0.2, -0.15) is 0 Å². The summed E-state index contributed by atoms with van der Waals surface area (Å²) in [5.41, 5.74) is 9.21. The SMILES string of the molecule is COc1ccc(-c2ccc(C)cc2)c(-c2ccc3cc(-c4nc5cc(C(=O)O)ccc5n4C4CCCCC4)ccc3n2)c1. The van der Waals surface area contributed by atoms with Crippen LogP contribution in [0.15, 0.2) is 91.0 Å². The van der Waals surface area contributed by atoms with Gasteiger partial charge in [0.05, 0.1) is 34.9 Å². The molecular weight excluding hydrogens is 534 g/mol. The minimum absolute atomic E-state index is 0.255. The number of rotatable bonds is 6. The van der Waals surface area contributed by atoms with Gasteiger partial charge in [0.25, 0.3) is 0 Å². The van der Waals surface area contributed by atoms with E-state index in [0.717, 1.165) is 74.3 Å². The van der Waals surface area contributed by atoms with E-state index >= 15 is 0 Å². The lowest BCUT2D eigenvalue weighted by molar-refractivity contribution is 0.0697. The summed E-state index contributed by atoms with van der Waals surface area (Å²) in [5.74, 6) is 0.727. The molecule has 7 rings (SSSR count). The van der Waals surface area contributed by atoms with Gasteiger partial charge in [-0.05, 0) is 85.5 Å². The summed E-state index contributed by atoms with van der Waals surface area (Å²) in [5, 5.41) is 10.6. The van der Waals surface area contributed by atoms with Crippen molar-refractivity contribution in [1.82, 2.24) is 14.5 Å². The molecule has 0 saturated heterocycles. The Morgan fingerprint density at radius 3 is 2.35 bits per heavy atom. The van der Waals surface area contributed by atoms with Crippen LogP contribution in [0.1, 0.15) is 54.1 Å². The third-order valence-corrected chi connectivity index (χ3v) is 8.69. The van der Waals surface area contributed by atoms with Gasteiger partial charge in [0.15, 0.2) is 0 Å². The first kappa shape index (κ1) is 26.9. The van der Waals surface area contributed by atoms with Crippen molar-refractivity contribution in [3.63, 3.8) is 0 Å². The zero-order valence-corrected chi connectivity index (χ0v) is 24.4. The molecule has 6 aromatic rings. The van der Waals surface area contributed by atoms with Gasteiger partial charge < -0.3 is 14.4 Å². The highest BCUT2D eigenvalue weighted by molar-refractivity contribution is 5.94. The molecule has 6 nitrogen and oxygen atoms in total. The highest BCUT2D eigenvalue weighted by atomic mass is 16.5. The lowest BCUT2D eigenvalue weighted by atomic mass is 9.94. The van der Waals surface area contributed by atoms with Crippen molar-refractivity contribution in [3.8, 4) is 39.5 Å². The van der Waals surface area contributed by atoms with E-state index in [1.54, 1.807) is 19.2 Å². The second-order valence-corrected chi connectivity index (χ2v) is 11.5. The van der Waals surface area contributed by atoms with Crippen LogP contribution in [0.2, 0.25) is 0 Å². The van der Waals surface area contributed by atoms with Crippen LogP contribution in [-0.2, 0) is 0 Å². The molecule has 0 amide bonds. The Morgan fingerprint density at radius 1 is 0.791 bits per heavy atom. The lowest BCUT2D eigenvalue weighted by Crippen LogP contribution is -2.14. The van der Waals surface area contributed by atoms with Crippen molar-refractivity contribution >= 4 is 27.9 Å². The number of fused-ring (bicyclic) bond motifs is 2. The molecule has 6 heteroatoms. The van der Waals surface area contributed by atoms with E-state index in [2.05, 4.69) is 78.2 Å². The number of nitrogens with zero attached hydrogens (tertiary/aromatic N) is 3. The zero-order chi connectivity index (χ0) is 29.5. The van der Waals surface area contributed by atoms with Gasteiger partial charge in [-0.25, -0.2) is 14.8 Å². The predicted octanol–water partition coefficient (Wildman–Crippen LogP) is 9.11. The second-order valence-electron chi connectivity index (χ2n) is 11.5. The number of hydrogen-bond donors (Lipinski definition) is 1. The number of aromatic nitrogens is 3. The maximum absolute atomic E-state index is 11.7. The average Bonchev–Trinajstić information content (AvgIpc) is 3.44. The smallest absolute Gasteiger partial charge is 0.335 e. The number of imidazole rings is 1. The van der Waals surface area contributed by atoms with Gasteiger partial charge in [0, 0.05) is 22.6 Å². The van der Waals surface area contributed by atoms with E-state index < -0.39 is 5.97 Å². The van der Waals surface area contributed by atoms with Crippen LogP contribution in [0.4, 0.5) is 0 Å². The third-order valence-electron chi connectivity index (χ3n) is 8.69. The summed E-state index contributed by atoms with van der Waals surface area (Å²) in [6, 6.07) is 30.8. The maximum Gasteiger partial charge on any atom is 0.335 e. The van der Waals surface area contributed by atoms with E-state index in [9.17, 15) is 9.90 Å². The summed E-state index contributed by atoms with van der Waals surface area (Å²) in [6.45, 7) is 2.09. The van der Waals surface area contributed by atoms with Crippen molar-refractivity contribution in [2.75, 3.05) is 7.11 Å². The van der Waals surface area contributed by atoms with E-state index in [1.807, 2.05) is 12.1 Å². The third kappa shape index (κ3) is 5.03. The molecule has 2 aromatic heterocycles. The topological polar surface area (TPSA) is 77.2 Å². The number of aromatic carboxylic acids is 1. The van der Waals surface area contributed by atoms with Crippen molar-refractivity contribution < 1.29 is 14.6 Å². The number of carboxylic acid groups (broad SMARTS) is 1. The van der Waals surface area contributed by atoms with Gasteiger partial charge in [-0.15, -0.1) is 0 Å². The monoisotopic (exact) mass is 567 g/mol. The Kier molecular flexibility index (Phi) is 6.90. The molecule has 1 aliphatic carbocycles.